The van der Waals surface area contributed by atoms with Crippen LogP contribution in [0, 0.1) is 19.7 Å². The summed E-state index contributed by atoms with van der Waals surface area (Å²) in [4.78, 5) is 18.0. The van der Waals surface area contributed by atoms with Gasteiger partial charge in [0.2, 0.25) is 0 Å². The molecule has 0 unspecified atom stereocenters. The van der Waals surface area contributed by atoms with Crippen molar-refractivity contribution < 1.29 is 4.39 Å². The maximum Gasteiger partial charge on any atom is 0.155 e. The van der Waals surface area contributed by atoms with E-state index in [2.05, 4.69) is 38.6 Å². The first-order valence-electron chi connectivity index (χ1n) is 11.1. The van der Waals surface area contributed by atoms with Crippen molar-refractivity contribution in [3.05, 3.63) is 84.0 Å². The van der Waals surface area contributed by atoms with E-state index in [1.54, 1.807) is 36.9 Å². The maximum atomic E-state index is 13.4. The Kier molecular flexibility index (Phi) is 8.77. The quantitative estimate of drug-likeness (QED) is 0.385. The van der Waals surface area contributed by atoms with Crippen LogP contribution in [0.4, 0.5) is 10.2 Å². The molecular formula is C25H28Cl2FN7. The maximum absolute atomic E-state index is 13.4. The molecule has 0 bridgehead atoms. The van der Waals surface area contributed by atoms with Gasteiger partial charge in [-0.1, -0.05) is 0 Å². The summed E-state index contributed by atoms with van der Waals surface area (Å²) in [5.41, 5.74) is 6.17. The second-order valence-corrected chi connectivity index (χ2v) is 8.27. The number of hydrogen-bond acceptors (Lipinski definition) is 6. The van der Waals surface area contributed by atoms with Crippen molar-refractivity contribution in [2.24, 2.45) is 0 Å². The van der Waals surface area contributed by atoms with Crippen LogP contribution in [0.15, 0.2) is 61.2 Å². The molecule has 3 aromatic heterocycles. The summed E-state index contributed by atoms with van der Waals surface area (Å²) < 4.78 is 15.4. The van der Waals surface area contributed by atoms with E-state index in [0.29, 0.717) is 0 Å². The molecule has 1 fully saturated rings. The van der Waals surface area contributed by atoms with Crippen molar-refractivity contribution >= 4 is 30.6 Å². The number of pyridine rings is 1. The van der Waals surface area contributed by atoms with Crippen molar-refractivity contribution in [1.29, 1.82) is 0 Å². The van der Waals surface area contributed by atoms with Crippen molar-refractivity contribution in [3.63, 3.8) is 0 Å². The zero-order valence-electron chi connectivity index (χ0n) is 19.6. The van der Waals surface area contributed by atoms with E-state index in [1.807, 2.05) is 16.8 Å². The van der Waals surface area contributed by atoms with Crippen LogP contribution in [0.3, 0.4) is 0 Å². The van der Waals surface area contributed by atoms with Gasteiger partial charge in [0.1, 0.15) is 11.5 Å². The first-order chi connectivity index (χ1) is 16.1. The van der Waals surface area contributed by atoms with Gasteiger partial charge in [-0.05, 0) is 50.2 Å². The molecule has 0 saturated carbocycles. The first kappa shape index (κ1) is 26.5. The van der Waals surface area contributed by atoms with E-state index in [-0.39, 0.29) is 30.6 Å². The molecule has 0 N–H and O–H groups in total. The summed E-state index contributed by atoms with van der Waals surface area (Å²) in [6, 6.07) is 10.4. The van der Waals surface area contributed by atoms with Crippen molar-refractivity contribution in [2.75, 3.05) is 31.1 Å². The lowest BCUT2D eigenvalue weighted by Crippen LogP contribution is -2.46. The molecule has 1 aromatic carbocycles. The summed E-state index contributed by atoms with van der Waals surface area (Å²) in [6.45, 7) is 8.59. The number of anilines is 1. The third-order valence-corrected chi connectivity index (χ3v) is 6.20. The number of aryl methyl sites for hydroxylation is 1. The molecule has 1 saturated heterocycles. The highest BCUT2D eigenvalue weighted by molar-refractivity contribution is 5.85. The molecule has 0 amide bonds. The molecule has 0 aliphatic carbocycles. The molecule has 35 heavy (non-hydrogen) atoms. The fourth-order valence-electron chi connectivity index (χ4n) is 4.36. The largest absolute Gasteiger partial charge is 0.352 e. The Morgan fingerprint density at radius 2 is 1.49 bits per heavy atom. The van der Waals surface area contributed by atoms with E-state index in [0.717, 1.165) is 66.9 Å². The highest BCUT2D eigenvalue weighted by atomic mass is 35.5. The standard InChI is InChI=1S/C25H26FN7.2ClH/c1-18-23(19(2)33(30-18)22-7-9-27-10-8-22)17-31-13-15-32(16-14-31)25-24(28-11-12-29-25)20-3-5-21(26)6-4-20;;/h3-12H,13-17H2,1-2H3;2*1H. The summed E-state index contributed by atoms with van der Waals surface area (Å²) in [5.74, 6) is 0.595. The van der Waals surface area contributed by atoms with Crippen LogP contribution in [0.25, 0.3) is 16.9 Å². The van der Waals surface area contributed by atoms with Crippen molar-refractivity contribution in [1.82, 2.24) is 29.6 Å². The Morgan fingerprint density at radius 3 is 2.17 bits per heavy atom. The third kappa shape index (κ3) is 5.61. The Morgan fingerprint density at radius 1 is 0.829 bits per heavy atom. The molecule has 7 nitrogen and oxygen atoms in total. The summed E-state index contributed by atoms with van der Waals surface area (Å²) in [7, 11) is 0. The highest BCUT2D eigenvalue weighted by Crippen LogP contribution is 2.28. The van der Waals surface area contributed by atoms with Gasteiger partial charge in [0.25, 0.3) is 0 Å². The zero-order valence-corrected chi connectivity index (χ0v) is 21.3. The second-order valence-electron chi connectivity index (χ2n) is 8.27. The summed E-state index contributed by atoms with van der Waals surface area (Å²) in [6.07, 6.45) is 6.98. The molecule has 184 valence electrons. The number of rotatable bonds is 5. The van der Waals surface area contributed by atoms with Gasteiger partial charge in [-0.25, -0.2) is 14.1 Å². The molecule has 1 aliphatic rings. The van der Waals surface area contributed by atoms with E-state index >= 15 is 0 Å². The van der Waals surface area contributed by atoms with Crippen molar-refractivity contribution in [3.8, 4) is 16.9 Å². The zero-order chi connectivity index (χ0) is 22.8. The topological polar surface area (TPSA) is 63.0 Å². The number of benzene rings is 1. The molecule has 0 radical (unpaired) electrons. The fourth-order valence-corrected chi connectivity index (χ4v) is 4.36. The highest BCUT2D eigenvalue weighted by Gasteiger charge is 2.23. The van der Waals surface area contributed by atoms with Crippen LogP contribution in [-0.4, -0.2) is 55.8 Å². The number of hydrogen-bond donors (Lipinski definition) is 0. The van der Waals surface area contributed by atoms with Crippen LogP contribution in [0.1, 0.15) is 17.0 Å². The van der Waals surface area contributed by atoms with Gasteiger partial charge in [0.05, 0.1) is 11.4 Å². The Labute approximate surface area is 216 Å². The van der Waals surface area contributed by atoms with Gasteiger partial charge in [0.15, 0.2) is 5.82 Å². The lowest BCUT2D eigenvalue weighted by molar-refractivity contribution is 0.248. The molecule has 4 heterocycles. The SMILES string of the molecule is Cc1nn(-c2ccncc2)c(C)c1CN1CCN(c2nccnc2-c2ccc(F)cc2)CC1.Cl.Cl. The Bertz CT molecular complexity index is 1240. The lowest BCUT2D eigenvalue weighted by atomic mass is 10.1. The molecule has 4 aromatic rings. The molecule has 0 atom stereocenters. The van der Waals surface area contributed by atoms with Gasteiger partial charge in [0, 0.05) is 74.3 Å². The van der Waals surface area contributed by atoms with E-state index in [4.69, 9.17) is 5.10 Å². The minimum absolute atomic E-state index is 0. The van der Waals surface area contributed by atoms with E-state index in [1.165, 1.54) is 17.7 Å². The van der Waals surface area contributed by atoms with Gasteiger partial charge in [-0.15, -0.1) is 24.8 Å². The minimum Gasteiger partial charge on any atom is -0.352 e. The fraction of sp³-hybridized carbons (Fsp3) is 0.280. The third-order valence-electron chi connectivity index (χ3n) is 6.20. The summed E-state index contributed by atoms with van der Waals surface area (Å²) in [5, 5.41) is 4.77. The van der Waals surface area contributed by atoms with Gasteiger partial charge in [-0.3, -0.25) is 14.9 Å². The monoisotopic (exact) mass is 515 g/mol. The Hall–Kier alpha value is -3.07. The van der Waals surface area contributed by atoms with Gasteiger partial charge in [-0.2, -0.15) is 5.10 Å². The molecule has 5 rings (SSSR count). The minimum atomic E-state index is -0.254. The van der Waals surface area contributed by atoms with Crippen LogP contribution >= 0.6 is 24.8 Å². The smallest absolute Gasteiger partial charge is 0.155 e. The first-order valence-corrected chi connectivity index (χ1v) is 11.1. The Balaban J connectivity index is 0.00000171. The molecular weight excluding hydrogens is 488 g/mol. The lowest BCUT2D eigenvalue weighted by Gasteiger charge is -2.36. The van der Waals surface area contributed by atoms with Crippen LogP contribution < -0.4 is 4.90 Å². The number of nitrogens with zero attached hydrogens (tertiary/aromatic N) is 7. The molecule has 1 aliphatic heterocycles. The van der Waals surface area contributed by atoms with Gasteiger partial charge >= 0.3 is 0 Å². The number of aromatic nitrogens is 5. The average molecular weight is 516 g/mol. The van der Waals surface area contributed by atoms with Crippen LogP contribution in [0.5, 0.6) is 0 Å². The van der Waals surface area contributed by atoms with Gasteiger partial charge < -0.3 is 4.90 Å². The average Bonchev–Trinajstić information content (AvgIpc) is 3.14. The normalized spacial score (nSPS) is 13.7. The second kappa shape index (κ2) is 11.6. The molecule has 10 heteroatoms. The number of piperazine rings is 1. The van der Waals surface area contributed by atoms with Crippen LogP contribution in [-0.2, 0) is 6.54 Å². The predicted octanol–water partition coefficient (Wildman–Crippen LogP) is 4.65. The number of halogens is 3. The van der Waals surface area contributed by atoms with Crippen molar-refractivity contribution in [2.45, 2.75) is 20.4 Å². The molecule has 0 spiro atoms. The predicted molar refractivity (Wildman–Crippen MR) is 140 cm³/mol. The van der Waals surface area contributed by atoms with Crippen LogP contribution in [0.2, 0.25) is 0 Å². The van der Waals surface area contributed by atoms with E-state index < -0.39 is 0 Å². The van der Waals surface area contributed by atoms with E-state index in [9.17, 15) is 4.39 Å². The summed E-state index contributed by atoms with van der Waals surface area (Å²) >= 11 is 0.